The topological polar surface area (TPSA) is 83.4 Å². The van der Waals surface area contributed by atoms with Crippen molar-refractivity contribution >= 4 is 11.6 Å². The first kappa shape index (κ1) is 15.6. The molecule has 0 saturated carbocycles. The van der Waals surface area contributed by atoms with E-state index in [1.807, 2.05) is 13.0 Å². The Morgan fingerprint density at radius 3 is 2.71 bits per heavy atom. The Bertz CT molecular complexity index is 614. The number of benzene rings is 1. The van der Waals surface area contributed by atoms with Crippen LogP contribution in [0.2, 0.25) is 5.02 Å². The first-order valence-corrected chi connectivity index (χ1v) is 6.91. The zero-order valence-corrected chi connectivity index (χ0v) is 13.0. The fourth-order valence-corrected chi connectivity index (χ4v) is 2.20. The molecular weight excluding hydrogens is 294 g/mol. The van der Waals surface area contributed by atoms with Gasteiger partial charge in [-0.05, 0) is 19.4 Å². The fourth-order valence-electron chi connectivity index (χ4n) is 1.97. The van der Waals surface area contributed by atoms with Crippen molar-refractivity contribution in [2.24, 2.45) is 5.73 Å². The zero-order chi connectivity index (χ0) is 15.4. The van der Waals surface area contributed by atoms with E-state index in [-0.39, 0.29) is 12.6 Å². The Balaban J connectivity index is 2.26. The average molecular weight is 312 g/mol. The average Bonchev–Trinajstić information content (AvgIpc) is 2.82. The van der Waals surface area contributed by atoms with Crippen LogP contribution < -0.4 is 15.2 Å². The van der Waals surface area contributed by atoms with Gasteiger partial charge in [0.15, 0.2) is 18.1 Å². The monoisotopic (exact) mass is 311 g/mol. The summed E-state index contributed by atoms with van der Waals surface area (Å²) in [5.41, 5.74) is 6.75. The van der Waals surface area contributed by atoms with Crippen LogP contribution in [0.5, 0.6) is 11.5 Å². The molecule has 1 aromatic carbocycles. The van der Waals surface area contributed by atoms with Gasteiger partial charge in [0.25, 0.3) is 5.89 Å². The van der Waals surface area contributed by atoms with Gasteiger partial charge in [-0.3, -0.25) is 0 Å². The van der Waals surface area contributed by atoms with E-state index in [0.717, 1.165) is 5.56 Å². The lowest BCUT2D eigenvalue weighted by molar-refractivity contribution is 0.245. The summed E-state index contributed by atoms with van der Waals surface area (Å²) in [5.74, 6) is 2.04. The van der Waals surface area contributed by atoms with Gasteiger partial charge in [-0.15, -0.1) is 10.2 Å². The molecule has 2 rings (SSSR count). The van der Waals surface area contributed by atoms with E-state index in [1.165, 1.54) is 0 Å². The quantitative estimate of drug-likeness (QED) is 0.882. The van der Waals surface area contributed by atoms with E-state index in [0.29, 0.717) is 34.7 Å². The molecule has 6 nitrogen and oxygen atoms in total. The molecule has 0 aliphatic rings. The number of hydrogen-bond donors (Lipinski definition) is 1. The first-order chi connectivity index (χ1) is 9.99. The number of hydrogen-bond acceptors (Lipinski definition) is 6. The Kier molecular flexibility index (Phi) is 5.03. The molecule has 2 aromatic rings. The van der Waals surface area contributed by atoms with Crippen LogP contribution in [0.15, 0.2) is 16.5 Å². The van der Waals surface area contributed by atoms with Gasteiger partial charge in [0.1, 0.15) is 0 Å². The van der Waals surface area contributed by atoms with Gasteiger partial charge in [0.2, 0.25) is 5.89 Å². The highest BCUT2D eigenvalue weighted by Crippen LogP contribution is 2.35. The predicted molar refractivity (Wildman–Crippen MR) is 78.7 cm³/mol. The summed E-state index contributed by atoms with van der Waals surface area (Å²) in [6.45, 7) is 3.80. The summed E-state index contributed by atoms with van der Waals surface area (Å²) >= 11 is 6.09. The molecule has 0 fully saturated rings. The third kappa shape index (κ3) is 4.09. The third-order valence-electron chi connectivity index (χ3n) is 2.77. The van der Waals surface area contributed by atoms with Crippen molar-refractivity contribution in [1.29, 1.82) is 0 Å². The minimum Gasteiger partial charge on any atom is -0.493 e. The second-order valence-corrected chi connectivity index (χ2v) is 5.22. The van der Waals surface area contributed by atoms with Crippen molar-refractivity contribution in [2.75, 3.05) is 7.11 Å². The maximum atomic E-state index is 6.09. The standard InChI is InChI=1S/C14H18ClN3O3/c1-8(16)4-10-5-11(15)6-12(19-3)14(10)20-7-13-18-17-9(2)21-13/h5-6,8H,4,7,16H2,1-3H3. The Labute approximate surface area is 128 Å². The first-order valence-electron chi connectivity index (χ1n) is 6.53. The van der Waals surface area contributed by atoms with E-state index in [9.17, 15) is 0 Å². The lowest BCUT2D eigenvalue weighted by Crippen LogP contribution is -2.18. The summed E-state index contributed by atoms with van der Waals surface area (Å²) < 4.78 is 16.4. The van der Waals surface area contributed by atoms with Crippen LogP contribution in [0.1, 0.15) is 24.3 Å². The van der Waals surface area contributed by atoms with Gasteiger partial charge in [-0.1, -0.05) is 11.6 Å². The molecule has 114 valence electrons. The van der Waals surface area contributed by atoms with E-state index < -0.39 is 0 Å². The van der Waals surface area contributed by atoms with Gasteiger partial charge in [-0.25, -0.2) is 0 Å². The summed E-state index contributed by atoms with van der Waals surface area (Å²) in [4.78, 5) is 0. The molecule has 1 heterocycles. The van der Waals surface area contributed by atoms with Gasteiger partial charge in [0.05, 0.1) is 7.11 Å². The van der Waals surface area contributed by atoms with Crippen molar-refractivity contribution in [3.05, 3.63) is 34.5 Å². The molecule has 0 spiro atoms. The number of aryl methyl sites for hydroxylation is 1. The molecule has 0 saturated heterocycles. The molecule has 0 bridgehead atoms. The SMILES string of the molecule is COc1cc(Cl)cc(CC(C)N)c1OCc1nnc(C)o1. The van der Waals surface area contributed by atoms with Crippen LogP contribution in [0.3, 0.4) is 0 Å². The van der Waals surface area contributed by atoms with Gasteiger partial charge >= 0.3 is 0 Å². The van der Waals surface area contributed by atoms with Crippen molar-refractivity contribution in [3.63, 3.8) is 0 Å². The molecule has 1 aromatic heterocycles. The summed E-state index contributed by atoms with van der Waals surface area (Å²) in [6.07, 6.45) is 0.620. The van der Waals surface area contributed by atoms with Crippen molar-refractivity contribution in [3.8, 4) is 11.5 Å². The molecule has 7 heteroatoms. The Hall–Kier alpha value is -1.79. The number of halogens is 1. The highest BCUT2D eigenvalue weighted by atomic mass is 35.5. The molecule has 0 aliphatic heterocycles. The number of ether oxygens (including phenoxy) is 2. The van der Waals surface area contributed by atoms with Gasteiger partial charge in [-0.2, -0.15) is 0 Å². The van der Waals surface area contributed by atoms with Crippen LogP contribution in [0, 0.1) is 6.92 Å². The van der Waals surface area contributed by atoms with E-state index in [1.54, 1.807) is 20.1 Å². The summed E-state index contributed by atoms with van der Waals surface area (Å²) in [5, 5.41) is 8.22. The smallest absolute Gasteiger partial charge is 0.253 e. The molecule has 0 amide bonds. The van der Waals surface area contributed by atoms with Gasteiger partial charge < -0.3 is 19.6 Å². The lowest BCUT2D eigenvalue weighted by atomic mass is 10.1. The molecule has 1 unspecified atom stereocenters. The molecule has 0 radical (unpaired) electrons. The van der Waals surface area contributed by atoms with Crippen LogP contribution in [-0.2, 0) is 13.0 Å². The van der Waals surface area contributed by atoms with Crippen molar-refractivity contribution < 1.29 is 13.9 Å². The Morgan fingerprint density at radius 1 is 1.38 bits per heavy atom. The number of aromatic nitrogens is 2. The molecule has 2 N–H and O–H groups in total. The second-order valence-electron chi connectivity index (χ2n) is 4.78. The lowest BCUT2D eigenvalue weighted by Gasteiger charge is -2.16. The summed E-state index contributed by atoms with van der Waals surface area (Å²) in [6, 6.07) is 3.49. The zero-order valence-electron chi connectivity index (χ0n) is 12.2. The summed E-state index contributed by atoms with van der Waals surface area (Å²) in [7, 11) is 1.56. The normalized spacial score (nSPS) is 12.2. The van der Waals surface area contributed by atoms with E-state index >= 15 is 0 Å². The molecule has 21 heavy (non-hydrogen) atoms. The minimum absolute atomic E-state index is 0.0267. The minimum atomic E-state index is -0.0267. The Morgan fingerprint density at radius 2 is 2.14 bits per heavy atom. The van der Waals surface area contributed by atoms with Crippen molar-refractivity contribution in [1.82, 2.24) is 10.2 Å². The largest absolute Gasteiger partial charge is 0.493 e. The predicted octanol–water partition coefficient (Wildman–Crippen LogP) is 2.51. The maximum absolute atomic E-state index is 6.09. The third-order valence-corrected chi connectivity index (χ3v) is 2.98. The highest BCUT2D eigenvalue weighted by molar-refractivity contribution is 6.30. The van der Waals surface area contributed by atoms with Crippen molar-refractivity contribution in [2.45, 2.75) is 32.9 Å². The second kappa shape index (κ2) is 6.78. The number of rotatable bonds is 6. The van der Waals surface area contributed by atoms with Gasteiger partial charge in [0, 0.05) is 29.6 Å². The number of methoxy groups -OCH3 is 1. The molecule has 1 atom stereocenters. The number of nitrogens with zero attached hydrogens (tertiary/aromatic N) is 2. The number of nitrogens with two attached hydrogens (primary N) is 1. The maximum Gasteiger partial charge on any atom is 0.253 e. The van der Waals surface area contributed by atoms with Crippen LogP contribution in [0.4, 0.5) is 0 Å². The highest BCUT2D eigenvalue weighted by Gasteiger charge is 2.15. The van der Waals surface area contributed by atoms with Crippen LogP contribution in [0.25, 0.3) is 0 Å². The molecular formula is C14H18ClN3O3. The van der Waals surface area contributed by atoms with Crippen LogP contribution >= 0.6 is 11.6 Å². The van der Waals surface area contributed by atoms with E-state index in [2.05, 4.69) is 10.2 Å². The fraction of sp³-hybridized carbons (Fsp3) is 0.429. The molecule has 0 aliphatic carbocycles. The van der Waals surface area contributed by atoms with E-state index in [4.69, 9.17) is 31.2 Å². The van der Waals surface area contributed by atoms with Crippen LogP contribution in [-0.4, -0.2) is 23.3 Å².